The molecule has 146 valence electrons. The van der Waals surface area contributed by atoms with Crippen LogP contribution in [0.15, 0.2) is 48.8 Å². The molecule has 1 aliphatic heterocycles. The normalized spacial score (nSPS) is 13.5. The molecule has 1 aliphatic rings. The van der Waals surface area contributed by atoms with Crippen molar-refractivity contribution in [1.82, 2.24) is 15.3 Å². The Labute approximate surface area is 164 Å². The molecule has 0 atom stereocenters. The topological polar surface area (TPSA) is 73.1 Å². The van der Waals surface area contributed by atoms with Gasteiger partial charge in [0, 0.05) is 18.7 Å². The summed E-state index contributed by atoms with van der Waals surface area (Å²) >= 11 is 0. The maximum absolute atomic E-state index is 14.5. The lowest BCUT2D eigenvalue weighted by atomic mass is 9.97. The third-order valence-corrected chi connectivity index (χ3v) is 4.47. The molecule has 0 amide bonds. The lowest BCUT2D eigenvalue weighted by molar-refractivity contribution is 0.109. The van der Waals surface area contributed by atoms with E-state index in [2.05, 4.69) is 21.4 Å². The number of nitrogen functional groups attached to an aromatic ring is 1. The van der Waals surface area contributed by atoms with Crippen molar-refractivity contribution in [3.05, 3.63) is 65.7 Å². The Hall–Kier alpha value is -2.83. The smallest absolute Gasteiger partial charge is 0.141 e. The van der Waals surface area contributed by atoms with Crippen LogP contribution in [0.1, 0.15) is 11.1 Å². The number of ether oxygens (including phenoxy) is 1. The van der Waals surface area contributed by atoms with Crippen LogP contribution in [0.4, 0.5) is 10.2 Å². The second kappa shape index (κ2) is 9.39. The standard InChI is InChI=1S/C18H16FN3.C4H9NO/c1-11-3-4-12(2)15(7-11)13-5-6-14(16(19)8-13)17-9-22-18(20)10-21-17;1-3-6-4-2-5-1/h3-10H,1-2H3,(H2,20,22);5H,1-4H2. The highest BCUT2D eigenvalue weighted by atomic mass is 19.1. The van der Waals surface area contributed by atoms with Crippen LogP contribution >= 0.6 is 0 Å². The molecular formula is C22H25FN4O. The molecule has 0 bridgehead atoms. The van der Waals surface area contributed by atoms with E-state index in [9.17, 15) is 4.39 Å². The highest BCUT2D eigenvalue weighted by Gasteiger charge is 2.10. The number of nitrogens with zero attached hydrogens (tertiary/aromatic N) is 2. The van der Waals surface area contributed by atoms with Gasteiger partial charge in [0.2, 0.25) is 0 Å². The Morgan fingerprint density at radius 3 is 2.32 bits per heavy atom. The van der Waals surface area contributed by atoms with Gasteiger partial charge in [-0.05, 0) is 42.7 Å². The number of halogens is 1. The molecule has 2 heterocycles. The average Bonchev–Trinajstić information content (AvgIpc) is 2.72. The lowest BCUT2D eigenvalue weighted by Crippen LogP contribution is -2.30. The van der Waals surface area contributed by atoms with E-state index < -0.39 is 0 Å². The van der Waals surface area contributed by atoms with Gasteiger partial charge in [0.25, 0.3) is 0 Å². The number of rotatable bonds is 2. The van der Waals surface area contributed by atoms with Gasteiger partial charge in [0.15, 0.2) is 0 Å². The molecule has 1 saturated heterocycles. The fraction of sp³-hybridized carbons (Fsp3) is 0.273. The van der Waals surface area contributed by atoms with Crippen LogP contribution in [0.2, 0.25) is 0 Å². The fourth-order valence-corrected chi connectivity index (χ4v) is 2.93. The van der Waals surface area contributed by atoms with Crippen LogP contribution in [0, 0.1) is 19.7 Å². The molecule has 5 nitrogen and oxygen atoms in total. The maximum atomic E-state index is 14.5. The molecule has 1 fully saturated rings. The van der Waals surface area contributed by atoms with Crippen molar-refractivity contribution in [3.63, 3.8) is 0 Å². The van der Waals surface area contributed by atoms with Crippen molar-refractivity contribution in [2.24, 2.45) is 0 Å². The predicted molar refractivity (Wildman–Crippen MR) is 110 cm³/mol. The summed E-state index contributed by atoms with van der Waals surface area (Å²) < 4.78 is 19.5. The van der Waals surface area contributed by atoms with Crippen molar-refractivity contribution in [2.45, 2.75) is 13.8 Å². The number of nitrogens with two attached hydrogens (primary N) is 1. The SMILES string of the molecule is C1COCCN1.Cc1ccc(C)c(-c2ccc(-c3cnc(N)cn3)c(F)c2)c1. The van der Waals surface area contributed by atoms with E-state index in [0.29, 0.717) is 17.1 Å². The van der Waals surface area contributed by atoms with Gasteiger partial charge in [-0.3, -0.25) is 4.98 Å². The summed E-state index contributed by atoms with van der Waals surface area (Å²) in [6, 6.07) is 11.3. The highest BCUT2D eigenvalue weighted by Crippen LogP contribution is 2.29. The zero-order chi connectivity index (χ0) is 19.9. The molecule has 0 spiro atoms. The van der Waals surface area contributed by atoms with Crippen LogP contribution in [-0.4, -0.2) is 36.3 Å². The molecule has 0 radical (unpaired) electrons. The number of aromatic nitrogens is 2. The Kier molecular flexibility index (Phi) is 6.68. The van der Waals surface area contributed by atoms with Crippen LogP contribution in [0.5, 0.6) is 0 Å². The van der Waals surface area contributed by atoms with E-state index in [1.54, 1.807) is 6.07 Å². The summed E-state index contributed by atoms with van der Waals surface area (Å²) in [5.41, 5.74) is 10.5. The summed E-state index contributed by atoms with van der Waals surface area (Å²) in [5, 5.41) is 3.16. The van der Waals surface area contributed by atoms with Gasteiger partial charge in [-0.15, -0.1) is 0 Å². The number of anilines is 1. The minimum Gasteiger partial charge on any atom is -0.382 e. The third kappa shape index (κ3) is 5.12. The first-order valence-corrected chi connectivity index (χ1v) is 9.28. The van der Waals surface area contributed by atoms with E-state index in [-0.39, 0.29) is 5.82 Å². The average molecular weight is 380 g/mol. The maximum Gasteiger partial charge on any atom is 0.141 e. The molecule has 0 unspecified atom stereocenters. The van der Waals surface area contributed by atoms with E-state index in [1.807, 2.05) is 32.0 Å². The largest absolute Gasteiger partial charge is 0.382 e. The molecule has 0 aliphatic carbocycles. The van der Waals surface area contributed by atoms with Crippen LogP contribution < -0.4 is 11.1 Å². The van der Waals surface area contributed by atoms with Gasteiger partial charge >= 0.3 is 0 Å². The van der Waals surface area contributed by atoms with Gasteiger partial charge < -0.3 is 15.8 Å². The Balaban J connectivity index is 0.000000320. The summed E-state index contributed by atoms with van der Waals surface area (Å²) in [5.74, 6) is -0.00589. The van der Waals surface area contributed by atoms with Crippen molar-refractivity contribution in [1.29, 1.82) is 0 Å². The zero-order valence-corrected chi connectivity index (χ0v) is 16.2. The molecule has 28 heavy (non-hydrogen) atoms. The predicted octanol–water partition coefficient (Wildman–Crippen LogP) is 3.75. The molecule has 3 N–H and O–H groups in total. The number of hydrogen-bond donors (Lipinski definition) is 2. The Morgan fingerprint density at radius 2 is 1.75 bits per heavy atom. The van der Waals surface area contributed by atoms with Crippen LogP contribution in [0.3, 0.4) is 0 Å². The van der Waals surface area contributed by atoms with Crippen molar-refractivity contribution in [2.75, 3.05) is 32.0 Å². The molecular weight excluding hydrogens is 355 g/mol. The molecule has 2 aromatic carbocycles. The Bertz CT molecular complexity index is 913. The van der Waals surface area contributed by atoms with Crippen molar-refractivity contribution in [3.8, 4) is 22.4 Å². The van der Waals surface area contributed by atoms with Gasteiger partial charge in [-0.25, -0.2) is 9.37 Å². The second-order valence-electron chi connectivity index (χ2n) is 6.70. The van der Waals surface area contributed by atoms with Crippen molar-refractivity contribution >= 4 is 5.82 Å². The fourth-order valence-electron chi connectivity index (χ4n) is 2.93. The summed E-state index contributed by atoms with van der Waals surface area (Å²) in [6.07, 6.45) is 2.90. The summed E-state index contributed by atoms with van der Waals surface area (Å²) in [6.45, 7) is 7.88. The first-order chi connectivity index (χ1) is 13.5. The van der Waals surface area contributed by atoms with Gasteiger partial charge in [0.05, 0.1) is 31.3 Å². The first-order valence-electron chi connectivity index (χ1n) is 9.28. The molecule has 3 aromatic rings. The molecule has 4 rings (SSSR count). The molecule has 6 heteroatoms. The summed E-state index contributed by atoms with van der Waals surface area (Å²) in [4.78, 5) is 8.07. The minimum atomic E-state index is -0.322. The zero-order valence-electron chi connectivity index (χ0n) is 16.2. The first kappa shape index (κ1) is 19.9. The summed E-state index contributed by atoms with van der Waals surface area (Å²) in [7, 11) is 0. The number of benzene rings is 2. The van der Waals surface area contributed by atoms with E-state index in [4.69, 9.17) is 10.5 Å². The number of nitrogens with one attached hydrogen (secondary N) is 1. The van der Waals surface area contributed by atoms with Gasteiger partial charge in [-0.2, -0.15) is 0 Å². The van der Waals surface area contributed by atoms with E-state index in [0.717, 1.165) is 48.6 Å². The van der Waals surface area contributed by atoms with E-state index in [1.165, 1.54) is 18.5 Å². The third-order valence-electron chi connectivity index (χ3n) is 4.47. The van der Waals surface area contributed by atoms with Crippen molar-refractivity contribution < 1.29 is 9.13 Å². The second-order valence-corrected chi connectivity index (χ2v) is 6.70. The Morgan fingerprint density at radius 1 is 0.964 bits per heavy atom. The number of aryl methyl sites for hydroxylation is 2. The molecule has 0 saturated carbocycles. The lowest BCUT2D eigenvalue weighted by Gasteiger charge is -2.10. The molecule has 1 aromatic heterocycles. The van der Waals surface area contributed by atoms with Gasteiger partial charge in [-0.1, -0.05) is 29.8 Å². The van der Waals surface area contributed by atoms with E-state index >= 15 is 0 Å². The van der Waals surface area contributed by atoms with Crippen LogP contribution in [0.25, 0.3) is 22.4 Å². The van der Waals surface area contributed by atoms with Gasteiger partial charge in [0.1, 0.15) is 11.6 Å². The number of hydrogen-bond acceptors (Lipinski definition) is 5. The van der Waals surface area contributed by atoms with Crippen LogP contribution in [-0.2, 0) is 4.74 Å². The minimum absolute atomic E-state index is 0.316. The monoisotopic (exact) mass is 380 g/mol. The number of morpholine rings is 1. The quantitative estimate of drug-likeness (QED) is 0.708. The highest BCUT2D eigenvalue weighted by molar-refractivity contribution is 5.72.